The molecular formula is C13H9ClF3NO2. The maximum atomic E-state index is 12.4. The van der Waals surface area contributed by atoms with Gasteiger partial charge in [0.1, 0.15) is 10.9 Å². The Balaban J connectivity index is 2.59. The second-order valence-electron chi connectivity index (χ2n) is 3.84. The maximum absolute atomic E-state index is 12.4. The first-order valence-corrected chi connectivity index (χ1v) is 5.89. The van der Waals surface area contributed by atoms with Crippen LogP contribution in [0.25, 0.3) is 11.1 Å². The van der Waals surface area contributed by atoms with Crippen LogP contribution in [0.5, 0.6) is 5.75 Å². The van der Waals surface area contributed by atoms with Gasteiger partial charge in [0.15, 0.2) is 0 Å². The number of pyridine rings is 1. The number of aliphatic hydroxyl groups is 1. The zero-order valence-corrected chi connectivity index (χ0v) is 10.7. The predicted molar refractivity (Wildman–Crippen MR) is 67.3 cm³/mol. The molecule has 0 saturated carbocycles. The molecule has 1 heterocycles. The van der Waals surface area contributed by atoms with Crippen molar-refractivity contribution < 1.29 is 23.0 Å². The Morgan fingerprint density at radius 3 is 2.55 bits per heavy atom. The highest BCUT2D eigenvalue weighted by molar-refractivity contribution is 6.32. The first-order chi connectivity index (χ1) is 9.42. The smallest absolute Gasteiger partial charge is 0.405 e. The van der Waals surface area contributed by atoms with Gasteiger partial charge in [-0.15, -0.1) is 13.2 Å². The molecule has 20 heavy (non-hydrogen) atoms. The van der Waals surface area contributed by atoms with Crippen molar-refractivity contribution in [3.05, 3.63) is 47.2 Å². The molecule has 0 saturated heterocycles. The van der Waals surface area contributed by atoms with Crippen molar-refractivity contribution >= 4 is 11.6 Å². The second kappa shape index (κ2) is 5.68. The normalized spacial score (nSPS) is 11.4. The molecule has 0 radical (unpaired) electrons. The van der Waals surface area contributed by atoms with Gasteiger partial charge in [-0.05, 0) is 17.7 Å². The molecule has 1 N–H and O–H groups in total. The number of aliphatic hydroxyl groups excluding tert-OH is 1. The van der Waals surface area contributed by atoms with Gasteiger partial charge in [0.05, 0.1) is 6.61 Å². The van der Waals surface area contributed by atoms with E-state index in [4.69, 9.17) is 11.6 Å². The first-order valence-electron chi connectivity index (χ1n) is 5.52. The number of benzene rings is 1. The fourth-order valence-electron chi connectivity index (χ4n) is 1.78. The Hall–Kier alpha value is -1.79. The summed E-state index contributed by atoms with van der Waals surface area (Å²) >= 11 is 5.93. The fraction of sp³-hybridized carbons (Fsp3) is 0.154. The number of aromatic nitrogens is 1. The quantitative estimate of drug-likeness (QED) is 0.877. The molecule has 0 aliphatic heterocycles. The molecule has 0 bridgehead atoms. The molecule has 0 spiro atoms. The van der Waals surface area contributed by atoms with Crippen LogP contribution in [0.2, 0.25) is 5.15 Å². The summed E-state index contributed by atoms with van der Waals surface area (Å²) in [7, 11) is 0. The average Bonchev–Trinajstić information content (AvgIpc) is 2.37. The van der Waals surface area contributed by atoms with Crippen molar-refractivity contribution in [2.45, 2.75) is 13.0 Å². The third-order valence-electron chi connectivity index (χ3n) is 2.54. The van der Waals surface area contributed by atoms with E-state index < -0.39 is 12.1 Å². The Morgan fingerprint density at radius 2 is 1.90 bits per heavy atom. The molecule has 3 nitrogen and oxygen atoms in total. The van der Waals surface area contributed by atoms with E-state index in [0.29, 0.717) is 5.56 Å². The van der Waals surface area contributed by atoms with E-state index in [0.717, 1.165) is 0 Å². The van der Waals surface area contributed by atoms with Crippen molar-refractivity contribution in [1.82, 2.24) is 4.98 Å². The summed E-state index contributed by atoms with van der Waals surface area (Å²) in [6, 6.07) is 7.03. The van der Waals surface area contributed by atoms with E-state index in [1.165, 1.54) is 30.5 Å². The standard InChI is InChI=1S/C13H9ClF3NO2/c14-12-11(8(7-19)5-6-18-12)9-3-1-2-4-10(9)20-13(15,16)17/h1-6,19H,7H2. The highest BCUT2D eigenvalue weighted by Gasteiger charge is 2.32. The summed E-state index contributed by atoms with van der Waals surface area (Å²) in [6.45, 7) is -0.377. The zero-order valence-electron chi connectivity index (χ0n) is 9.99. The minimum atomic E-state index is -4.82. The van der Waals surface area contributed by atoms with Crippen LogP contribution < -0.4 is 4.74 Å². The van der Waals surface area contributed by atoms with E-state index in [1.54, 1.807) is 6.07 Å². The lowest BCUT2D eigenvalue weighted by molar-refractivity contribution is -0.274. The monoisotopic (exact) mass is 303 g/mol. The van der Waals surface area contributed by atoms with E-state index in [9.17, 15) is 18.3 Å². The van der Waals surface area contributed by atoms with E-state index >= 15 is 0 Å². The molecule has 0 unspecified atom stereocenters. The SMILES string of the molecule is OCc1ccnc(Cl)c1-c1ccccc1OC(F)(F)F. The zero-order chi connectivity index (χ0) is 14.8. The second-order valence-corrected chi connectivity index (χ2v) is 4.20. The Kier molecular flexibility index (Phi) is 4.15. The van der Waals surface area contributed by atoms with Crippen molar-refractivity contribution in [3.8, 4) is 16.9 Å². The summed E-state index contributed by atoms with van der Waals surface area (Å²) < 4.78 is 41.2. The van der Waals surface area contributed by atoms with Crippen LogP contribution in [-0.2, 0) is 6.61 Å². The van der Waals surface area contributed by atoms with Crippen LogP contribution in [0.3, 0.4) is 0 Å². The summed E-state index contributed by atoms with van der Waals surface area (Å²) in [5.74, 6) is -0.399. The van der Waals surface area contributed by atoms with E-state index in [-0.39, 0.29) is 22.9 Å². The Morgan fingerprint density at radius 1 is 1.20 bits per heavy atom. The van der Waals surface area contributed by atoms with Crippen LogP contribution in [-0.4, -0.2) is 16.5 Å². The van der Waals surface area contributed by atoms with Gasteiger partial charge in [0.2, 0.25) is 0 Å². The Labute approximate surface area is 117 Å². The van der Waals surface area contributed by atoms with Crippen LogP contribution >= 0.6 is 11.6 Å². The summed E-state index contributed by atoms with van der Waals surface area (Å²) in [4.78, 5) is 3.82. The lowest BCUT2D eigenvalue weighted by atomic mass is 10.0. The van der Waals surface area contributed by atoms with Crippen molar-refractivity contribution in [2.75, 3.05) is 0 Å². The lowest BCUT2D eigenvalue weighted by Crippen LogP contribution is -2.17. The van der Waals surface area contributed by atoms with Gasteiger partial charge in [-0.25, -0.2) is 4.98 Å². The van der Waals surface area contributed by atoms with Gasteiger partial charge >= 0.3 is 6.36 Å². The molecule has 0 fully saturated rings. The number of hydrogen-bond donors (Lipinski definition) is 1. The topological polar surface area (TPSA) is 42.4 Å². The molecule has 7 heteroatoms. The van der Waals surface area contributed by atoms with Gasteiger partial charge in [0.25, 0.3) is 0 Å². The first kappa shape index (κ1) is 14.6. The molecule has 0 amide bonds. The molecule has 106 valence electrons. The third kappa shape index (κ3) is 3.20. The van der Waals surface area contributed by atoms with Crippen molar-refractivity contribution in [2.24, 2.45) is 0 Å². The van der Waals surface area contributed by atoms with Crippen molar-refractivity contribution in [1.29, 1.82) is 0 Å². The highest BCUT2D eigenvalue weighted by atomic mass is 35.5. The number of para-hydroxylation sites is 1. The molecule has 2 aromatic rings. The number of halogens is 4. The van der Waals surface area contributed by atoms with E-state index in [1.807, 2.05) is 0 Å². The van der Waals surface area contributed by atoms with Gasteiger partial charge in [-0.3, -0.25) is 0 Å². The number of nitrogens with zero attached hydrogens (tertiary/aromatic N) is 1. The van der Waals surface area contributed by atoms with Gasteiger partial charge in [-0.1, -0.05) is 29.8 Å². The maximum Gasteiger partial charge on any atom is 0.573 e. The Bertz CT molecular complexity index is 617. The van der Waals surface area contributed by atoms with Crippen LogP contribution in [0.1, 0.15) is 5.56 Å². The molecule has 0 atom stereocenters. The van der Waals surface area contributed by atoms with Gasteiger partial charge < -0.3 is 9.84 Å². The predicted octanol–water partition coefficient (Wildman–Crippen LogP) is 3.79. The highest BCUT2D eigenvalue weighted by Crippen LogP contribution is 2.38. The van der Waals surface area contributed by atoms with Crippen LogP contribution in [0.15, 0.2) is 36.5 Å². The largest absolute Gasteiger partial charge is 0.573 e. The summed E-state index contributed by atoms with van der Waals surface area (Å²) in [6.07, 6.45) is -3.45. The van der Waals surface area contributed by atoms with E-state index in [2.05, 4.69) is 9.72 Å². The third-order valence-corrected chi connectivity index (χ3v) is 2.83. The lowest BCUT2D eigenvalue weighted by Gasteiger charge is -2.15. The molecule has 0 aliphatic carbocycles. The number of hydrogen-bond acceptors (Lipinski definition) is 3. The number of ether oxygens (including phenoxy) is 1. The van der Waals surface area contributed by atoms with Crippen molar-refractivity contribution in [3.63, 3.8) is 0 Å². The molecule has 1 aromatic carbocycles. The summed E-state index contributed by atoms with van der Waals surface area (Å²) in [5.41, 5.74) is 0.701. The van der Waals surface area contributed by atoms with Crippen LogP contribution in [0, 0.1) is 0 Å². The number of rotatable bonds is 3. The minimum absolute atomic E-state index is 0.00484. The molecule has 1 aromatic heterocycles. The minimum Gasteiger partial charge on any atom is -0.405 e. The molecular weight excluding hydrogens is 295 g/mol. The van der Waals surface area contributed by atoms with Crippen LogP contribution in [0.4, 0.5) is 13.2 Å². The molecule has 0 aliphatic rings. The summed E-state index contributed by atoms with van der Waals surface area (Å²) in [5, 5.41) is 9.27. The average molecular weight is 304 g/mol. The fourth-order valence-corrected chi connectivity index (χ4v) is 2.06. The number of alkyl halides is 3. The van der Waals surface area contributed by atoms with Gasteiger partial charge in [-0.2, -0.15) is 0 Å². The molecule has 2 rings (SSSR count). The van der Waals surface area contributed by atoms with Gasteiger partial charge in [0, 0.05) is 17.3 Å².